The predicted octanol–water partition coefficient (Wildman–Crippen LogP) is 3.80. The van der Waals surface area contributed by atoms with Crippen molar-refractivity contribution in [3.63, 3.8) is 0 Å². The highest BCUT2D eigenvalue weighted by atomic mass is 32.1. The Balaban J connectivity index is 2.08. The molecule has 0 radical (unpaired) electrons. The molecule has 2 aromatic rings. The molecule has 1 N–H and O–H groups in total. The van der Waals surface area contributed by atoms with Crippen molar-refractivity contribution in [2.24, 2.45) is 0 Å². The Morgan fingerprint density at radius 1 is 1.39 bits per heavy atom. The predicted molar refractivity (Wildman–Crippen MR) is 63.1 cm³/mol. The molecule has 0 aliphatic heterocycles. The summed E-state index contributed by atoms with van der Waals surface area (Å²) in [5.41, 5.74) is -0.274. The average molecular weight is 292 g/mol. The largest absolute Gasteiger partial charge is 0.464 e. The van der Waals surface area contributed by atoms with Gasteiger partial charge in [0.05, 0.1) is 5.56 Å². The van der Waals surface area contributed by atoms with E-state index in [1.54, 1.807) is 6.07 Å². The van der Waals surface area contributed by atoms with E-state index in [1.165, 1.54) is 6.07 Å². The molecule has 0 atom stereocenters. The van der Waals surface area contributed by atoms with Crippen LogP contribution in [0.3, 0.4) is 0 Å². The molecule has 0 bridgehead atoms. The molecule has 18 heavy (non-hydrogen) atoms. The SMILES string of the molecule is FC(F)(F)c1cccc(COc2nc(=S)[nH]s2)c1. The molecule has 1 aromatic heterocycles. The number of halogens is 3. The summed E-state index contributed by atoms with van der Waals surface area (Å²) in [6.45, 7) is 0.0139. The fourth-order valence-electron chi connectivity index (χ4n) is 1.26. The number of rotatable bonds is 3. The number of ether oxygens (including phenoxy) is 1. The topological polar surface area (TPSA) is 37.9 Å². The van der Waals surface area contributed by atoms with E-state index in [0.29, 0.717) is 15.5 Å². The Bertz CT molecular complexity index is 591. The summed E-state index contributed by atoms with van der Waals surface area (Å²) in [6.07, 6.45) is -4.35. The minimum atomic E-state index is -4.35. The summed E-state index contributed by atoms with van der Waals surface area (Å²) in [7, 11) is 0. The third-order valence-corrected chi connectivity index (χ3v) is 3.04. The summed E-state index contributed by atoms with van der Waals surface area (Å²) in [6, 6.07) is 4.96. The number of hydrogen-bond acceptors (Lipinski definition) is 4. The van der Waals surface area contributed by atoms with Crippen molar-refractivity contribution in [2.75, 3.05) is 0 Å². The number of alkyl halides is 3. The molecule has 3 nitrogen and oxygen atoms in total. The Kier molecular flexibility index (Phi) is 3.67. The number of benzene rings is 1. The molecule has 8 heteroatoms. The number of aromatic amines is 1. The summed E-state index contributed by atoms with van der Waals surface area (Å²) in [5.74, 6) is 0. The van der Waals surface area contributed by atoms with E-state index in [9.17, 15) is 13.2 Å². The Hall–Kier alpha value is -1.41. The van der Waals surface area contributed by atoms with E-state index in [2.05, 4.69) is 9.36 Å². The summed E-state index contributed by atoms with van der Waals surface area (Å²) in [5, 5.41) is 0.303. The quantitative estimate of drug-likeness (QED) is 0.874. The van der Waals surface area contributed by atoms with Crippen LogP contribution in [0.4, 0.5) is 13.2 Å². The van der Waals surface area contributed by atoms with Crippen molar-refractivity contribution in [1.29, 1.82) is 0 Å². The Labute approximate surface area is 109 Å². The smallest absolute Gasteiger partial charge is 0.416 e. The maximum atomic E-state index is 12.5. The molecular weight excluding hydrogens is 285 g/mol. The number of H-pyrrole nitrogens is 1. The summed E-state index contributed by atoms with van der Waals surface area (Å²) < 4.78 is 45.6. The van der Waals surface area contributed by atoms with E-state index in [0.717, 1.165) is 23.7 Å². The first-order valence-electron chi connectivity index (χ1n) is 4.79. The van der Waals surface area contributed by atoms with Gasteiger partial charge in [-0.2, -0.15) is 18.2 Å². The highest BCUT2D eigenvalue weighted by Crippen LogP contribution is 2.29. The first kappa shape index (κ1) is 13.0. The van der Waals surface area contributed by atoms with Crippen LogP contribution in [0.25, 0.3) is 0 Å². The van der Waals surface area contributed by atoms with E-state index in [4.69, 9.17) is 17.0 Å². The van der Waals surface area contributed by atoms with Gasteiger partial charge in [-0.15, -0.1) is 0 Å². The van der Waals surface area contributed by atoms with Gasteiger partial charge in [0.1, 0.15) is 6.61 Å². The maximum absolute atomic E-state index is 12.5. The average Bonchev–Trinajstić information content (AvgIpc) is 2.72. The third-order valence-electron chi connectivity index (χ3n) is 2.04. The monoisotopic (exact) mass is 292 g/mol. The molecule has 0 saturated heterocycles. The molecule has 0 aliphatic carbocycles. The Morgan fingerprint density at radius 2 is 2.17 bits per heavy atom. The van der Waals surface area contributed by atoms with Gasteiger partial charge in [-0.3, -0.25) is 4.37 Å². The number of nitrogens with zero attached hydrogens (tertiary/aromatic N) is 1. The molecule has 0 unspecified atom stereocenters. The van der Waals surface area contributed by atoms with Gasteiger partial charge in [-0.05, 0) is 41.4 Å². The Morgan fingerprint density at radius 3 is 2.78 bits per heavy atom. The highest BCUT2D eigenvalue weighted by Gasteiger charge is 2.30. The van der Waals surface area contributed by atoms with Crippen LogP contribution in [0.15, 0.2) is 24.3 Å². The first-order valence-corrected chi connectivity index (χ1v) is 6.02. The molecule has 0 aliphatic rings. The van der Waals surface area contributed by atoms with Gasteiger partial charge in [0.15, 0.2) is 0 Å². The van der Waals surface area contributed by atoms with Crippen LogP contribution in [0.5, 0.6) is 5.19 Å². The fourth-order valence-corrected chi connectivity index (χ4v) is 2.00. The molecule has 2 rings (SSSR count). The zero-order chi connectivity index (χ0) is 13.2. The molecular formula is C10H7F3N2OS2. The molecule has 1 heterocycles. The second-order valence-corrected chi connectivity index (χ2v) is 4.52. The molecule has 0 fully saturated rings. The molecule has 0 spiro atoms. The molecule has 0 amide bonds. The van der Waals surface area contributed by atoms with E-state index in [1.807, 2.05) is 0 Å². The lowest BCUT2D eigenvalue weighted by atomic mass is 10.1. The lowest BCUT2D eigenvalue weighted by Crippen LogP contribution is -2.06. The lowest BCUT2D eigenvalue weighted by Gasteiger charge is -2.08. The minimum absolute atomic E-state index is 0.0139. The van der Waals surface area contributed by atoms with Crippen LogP contribution in [-0.2, 0) is 12.8 Å². The van der Waals surface area contributed by atoms with Crippen LogP contribution in [-0.4, -0.2) is 9.36 Å². The van der Waals surface area contributed by atoms with E-state index in [-0.39, 0.29) is 6.61 Å². The van der Waals surface area contributed by atoms with Crippen LogP contribution in [0, 0.1) is 4.77 Å². The van der Waals surface area contributed by atoms with Crippen molar-refractivity contribution < 1.29 is 17.9 Å². The van der Waals surface area contributed by atoms with Crippen LogP contribution >= 0.6 is 23.8 Å². The van der Waals surface area contributed by atoms with Crippen molar-refractivity contribution >= 4 is 23.8 Å². The number of hydrogen-bond donors (Lipinski definition) is 1. The number of nitrogens with one attached hydrogen (secondary N) is 1. The van der Waals surface area contributed by atoms with Gasteiger partial charge in [0, 0.05) is 0 Å². The summed E-state index contributed by atoms with van der Waals surface area (Å²) >= 11 is 5.84. The summed E-state index contributed by atoms with van der Waals surface area (Å²) in [4.78, 5) is 3.83. The van der Waals surface area contributed by atoms with Crippen molar-refractivity contribution in [1.82, 2.24) is 9.36 Å². The van der Waals surface area contributed by atoms with Crippen LogP contribution < -0.4 is 4.74 Å². The van der Waals surface area contributed by atoms with Gasteiger partial charge < -0.3 is 4.74 Å². The van der Waals surface area contributed by atoms with E-state index < -0.39 is 11.7 Å². The van der Waals surface area contributed by atoms with Crippen molar-refractivity contribution in [2.45, 2.75) is 12.8 Å². The van der Waals surface area contributed by atoms with Crippen LogP contribution in [0.1, 0.15) is 11.1 Å². The van der Waals surface area contributed by atoms with Crippen LogP contribution in [0.2, 0.25) is 0 Å². The van der Waals surface area contributed by atoms with Gasteiger partial charge in [0.2, 0.25) is 4.77 Å². The van der Waals surface area contributed by atoms with Crippen molar-refractivity contribution in [3.05, 3.63) is 40.2 Å². The fraction of sp³-hybridized carbons (Fsp3) is 0.200. The van der Waals surface area contributed by atoms with Gasteiger partial charge >= 0.3 is 6.18 Å². The zero-order valence-corrected chi connectivity index (χ0v) is 10.5. The lowest BCUT2D eigenvalue weighted by molar-refractivity contribution is -0.137. The van der Waals surface area contributed by atoms with Gasteiger partial charge in [-0.1, -0.05) is 12.1 Å². The third kappa shape index (κ3) is 3.30. The normalized spacial score (nSPS) is 11.5. The minimum Gasteiger partial charge on any atom is -0.464 e. The van der Waals surface area contributed by atoms with Crippen molar-refractivity contribution in [3.8, 4) is 5.19 Å². The second-order valence-electron chi connectivity index (χ2n) is 3.37. The van der Waals surface area contributed by atoms with Gasteiger partial charge in [-0.25, -0.2) is 0 Å². The molecule has 96 valence electrons. The molecule has 1 aromatic carbocycles. The van der Waals surface area contributed by atoms with E-state index >= 15 is 0 Å². The first-order chi connectivity index (χ1) is 8.45. The maximum Gasteiger partial charge on any atom is 0.416 e. The van der Waals surface area contributed by atoms with Gasteiger partial charge in [0.25, 0.3) is 5.19 Å². The number of aromatic nitrogens is 2. The second kappa shape index (κ2) is 5.07. The highest BCUT2D eigenvalue weighted by molar-refractivity contribution is 7.71. The molecule has 0 saturated carbocycles. The zero-order valence-electron chi connectivity index (χ0n) is 8.82. The standard InChI is InChI=1S/C10H7F3N2OS2/c11-10(12,13)7-3-1-2-6(4-7)5-16-9-14-8(17)15-18-9/h1-4H,5H2,(H,15,17).